The SMILES string of the molecule is Cc1cccc(CC(Cc2cnoc2)C(=O)O)c1. The van der Waals surface area contributed by atoms with Crippen molar-refractivity contribution in [2.24, 2.45) is 5.92 Å². The van der Waals surface area contributed by atoms with E-state index in [4.69, 9.17) is 4.52 Å². The van der Waals surface area contributed by atoms with Crippen molar-refractivity contribution in [3.63, 3.8) is 0 Å². The highest BCUT2D eigenvalue weighted by atomic mass is 16.5. The molecule has 0 aliphatic rings. The Labute approximate surface area is 105 Å². The topological polar surface area (TPSA) is 63.3 Å². The van der Waals surface area contributed by atoms with Crippen LogP contribution < -0.4 is 0 Å². The van der Waals surface area contributed by atoms with Gasteiger partial charge in [0, 0.05) is 5.56 Å². The maximum atomic E-state index is 11.3. The number of hydrogen-bond acceptors (Lipinski definition) is 3. The molecule has 1 N–H and O–H groups in total. The zero-order chi connectivity index (χ0) is 13.0. The van der Waals surface area contributed by atoms with Gasteiger partial charge in [-0.15, -0.1) is 0 Å². The molecule has 0 saturated heterocycles. The molecule has 4 nitrogen and oxygen atoms in total. The molecule has 4 heteroatoms. The van der Waals surface area contributed by atoms with Gasteiger partial charge < -0.3 is 9.63 Å². The molecule has 2 aromatic rings. The van der Waals surface area contributed by atoms with Gasteiger partial charge in [-0.2, -0.15) is 0 Å². The summed E-state index contributed by atoms with van der Waals surface area (Å²) in [5.74, 6) is -1.25. The van der Waals surface area contributed by atoms with Crippen molar-refractivity contribution >= 4 is 5.97 Å². The van der Waals surface area contributed by atoms with E-state index in [1.807, 2.05) is 31.2 Å². The van der Waals surface area contributed by atoms with Crippen LogP contribution in [-0.4, -0.2) is 16.2 Å². The van der Waals surface area contributed by atoms with Crippen LogP contribution in [0.3, 0.4) is 0 Å². The fourth-order valence-electron chi connectivity index (χ4n) is 1.98. The Balaban J connectivity index is 2.09. The molecule has 0 fully saturated rings. The molecule has 0 saturated carbocycles. The quantitative estimate of drug-likeness (QED) is 0.878. The largest absolute Gasteiger partial charge is 0.481 e. The second-order valence-electron chi connectivity index (χ2n) is 4.47. The molecule has 1 atom stereocenters. The third kappa shape index (κ3) is 3.20. The number of aliphatic carboxylic acids is 1. The Hall–Kier alpha value is -2.10. The van der Waals surface area contributed by atoms with E-state index >= 15 is 0 Å². The highest BCUT2D eigenvalue weighted by Crippen LogP contribution is 2.16. The number of rotatable bonds is 5. The van der Waals surface area contributed by atoms with Gasteiger partial charge in [-0.1, -0.05) is 35.0 Å². The summed E-state index contributed by atoms with van der Waals surface area (Å²) in [4.78, 5) is 11.3. The summed E-state index contributed by atoms with van der Waals surface area (Å²) in [7, 11) is 0. The predicted molar refractivity (Wildman–Crippen MR) is 66.2 cm³/mol. The van der Waals surface area contributed by atoms with Crippen molar-refractivity contribution in [3.05, 3.63) is 53.4 Å². The molecule has 0 aliphatic heterocycles. The van der Waals surface area contributed by atoms with Crippen LogP contribution in [0.1, 0.15) is 16.7 Å². The molecule has 0 radical (unpaired) electrons. The molecule has 0 bridgehead atoms. The van der Waals surface area contributed by atoms with Gasteiger partial charge in [-0.3, -0.25) is 4.79 Å². The van der Waals surface area contributed by atoms with E-state index in [0.717, 1.165) is 16.7 Å². The summed E-state index contributed by atoms with van der Waals surface area (Å²) in [5, 5.41) is 12.8. The molecule has 1 aromatic heterocycles. The lowest BCUT2D eigenvalue weighted by molar-refractivity contribution is -0.141. The van der Waals surface area contributed by atoms with E-state index in [1.54, 1.807) is 6.20 Å². The predicted octanol–water partition coefficient (Wildman–Crippen LogP) is 2.47. The monoisotopic (exact) mass is 245 g/mol. The number of carboxylic acids is 1. The maximum absolute atomic E-state index is 11.3. The van der Waals surface area contributed by atoms with Gasteiger partial charge in [0.25, 0.3) is 0 Å². The van der Waals surface area contributed by atoms with Crippen molar-refractivity contribution in [1.82, 2.24) is 5.16 Å². The van der Waals surface area contributed by atoms with Gasteiger partial charge in [-0.05, 0) is 25.3 Å². The summed E-state index contributed by atoms with van der Waals surface area (Å²) in [5.41, 5.74) is 3.00. The van der Waals surface area contributed by atoms with Crippen molar-refractivity contribution < 1.29 is 14.4 Å². The van der Waals surface area contributed by atoms with Crippen LogP contribution in [0.5, 0.6) is 0 Å². The van der Waals surface area contributed by atoms with E-state index in [1.165, 1.54) is 6.26 Å². The van der Waals surface area contributed by atoms with Crippen LogP contribution in [0.4, 0.5) is 0 Å². The van der Waals surface area contributed by atoms with Crippen molar-refractivity contribution in [2.75, 3.05) is 0 Å². The molecular weight excluding hydrogens is 230 g/mol. The summed E-state index contributed by atoms with van der Waals surface area (Å²) < 4.78 is 4.72. The zero-order valence-corrected chi connectivity index (χ0v) is 10.2. The minimum absolute atomic E-state index is 0.437. The second kappa shape index (κ2) is 5.49. The fourth-order valence-corrected chi connectivity index (χ4v) is 1.98. The molecule has 0 aliphatic carbocycles. The Morgan fingerprint density at radius 2 is 2.17 bits per heavy atom. The minimum atomic E-state index is -0.794. The number of nitrogens with zero attached hydrogens (tertiary/aromatic N) is 1. The van der Waals surface area contributed by atoms with E-state index < -0.39 is 11.9 Å². The summed E-state index contributed by atoms with van der Waals surface area (Å²) >= 11 is 0. The zero-order valence-electron chi connectivity index (χ0n) is 10.2. The summed E-state index contributed by atoms with van der Waals surface area (Å²) in [6, 6.07) is 7.92. The Morgan fingerprint density at radius 3 is 2.78 bits per heavy atom. The lowest BCUT2D eigenvalue weighted by Crippen LogP contribution is -2.19. The Bertz CT molecular complexity index is 520. The molecule has 0 amide bonds. The first-order valence-electron chi connectivity index (χ1n) is 5.82. The highest BCUT2D eigenvalue weighted by Gasteiger charge is 2.19. The summed E-state index contributed by atoms with van der Waals surface area (Å²) in [6.45, 7) is 2.00. The highest BCUT2D eigenvalue weighted by molar-refractivity contribution is 5.70. The van der Waals surface area contributed by atoms with Crippen LogP contribution in [0.15, 0.2) is 41.2 Å². The number of carboxylic acid groups (broad SMARTS) is 1. The second-order valence-corrected chi connectivity index (χ2v) is 4.47. The maximum Gasteiger partial charge on any atom is 0.307 e. The standard InChI is InChI=1S/C14H15NO3/c1-10-3-2-4-11(5-10)6-13(14(16)17)7-12-8-15-18-9-12/h2-5,8-9,13H,6-7H2,1H3,(H,16,17). The molecular formula is C14H15NO3. The number of carbonyl (C=O) groups is 1. The smallest absolute Gasteiger partial charge is 0.307 e. The van der Waals surface area contributed by atoms with Gasteiger partial charge >= 0.3 is 5.97 Å². The van der Waals surface area contributed by atoms with Crippen molar-refractivity contribution in [1.29, 1.82) is 0 Å². The normalized spacial score (nSPS) is 12.3. The van der Waals surface area contributed by atoms with Gasteiger partial charge in [0.05, 0.1) is 12.1 Å². The molecule has 0 spiro atoms. The third-order valence-electron chi connectivity index (χ3n) is 2.88. The Morgan fingerprint density at radius 1 is 1.39 bits per heavy atom. The first kappa shape index (κ1) is 12.4. The summed E-state index contributed by atoms with van der Waals surface area (Å²) in [6.07, 6.45) is 4.01. The molecule has 2 rings (SSSR count). The first-order valence-corrected chi connectivity index (χ1v) is 5.82. The van der Waals surface area contributed by atoms with E-state index in [9.17, 15) is 9.90 Å². The van der Waals surface area contributed by atoms with Crippen LogP contribution in [-0.2, 0) is 17.6 Å². The number of aryl methyl sites for hydroxylation is 1. The lowest BCUT2D eigenvalue weighted by atomic mass is 9.93. The van der Waals surface area contributed by atoms with Gasteiger partial charge in [-0.25, -0.2) is 0 Å². The minimum Gasteiger partial charge on any atom is -0.481 e. The van der Waals surface area contributed by atoms with Crippen LogP contribution >= 0.6 is 0 Å². The van der Waals surface area contributed by atoms with E-state index in [2.05, 4.69) is 5.16 Å². The molecule has 1 aromatic carbocycles. The van der Waals surface area contributed by atoms with Gasteiger partial charge in [0.15, 0.2) is 0 Å². The number of hydrogen-bond donors (Lipinski definition) is 1. The fraction of sp³-hybridized carbons (Fsp3) is 0.286. The molecule has 1 unspecified atom stereocenters. The van der Waals surface area contributed by atoms with E-state index in [-0.39, 0.29) is 0 Å². The number of benzene rings is 1. The van der Waals surface area contributed by atoms with Crippen molar-refractivity contribution in [3.8, 4) is 0 Å². The van der Waals surface area contributed by atoms with Gasteiger partial charge in [0.1, 0.15) is 6.26 Å². The van der Waals surface area contributed by atoms with Gasteiger partial charge in [0.2, 0.25) is 0 Å². The first-order chi connectivity index (χ1) is 8.65. The van der Waals surface area contributed by atoms with E-state index in [0.29, 0.717) is 12.8 Å². The average Bonchev–Trinajstić information content (AvgIpc) is 2.81. The molecule has 1 heterocycles. The lowest BCUT2D eigenvalue weighted by Gasteiger charge is -2.11. The molecule has 94 valence electrons. The average molecular weight is 245 g/mol. The van der Waals surface area contributed by atoms with Crippen LogP contribution in [0.2, 0.25) is 0 Å². The Kier molecular flexibility index (Phi) is 3.77. The van der Waals surface area contributed by atoms with Crippen LogP contribution in [0, 0.1) is 12.8 Å². The van der Waals surface area contributed by atoms with Crippen molar-refractivity contribution in [2.45, 2.75) is 19.8 Å². The van der Waals surface area contributed by atoms with Crippen LogP contribution in [0.25, 0.3) is 0 Å². The number of aromatic nitrogens is 1. The third-order valence-corrected chi connectivity index (χ3v) is 2.88. The molecule has 18 heavy (non-hydrogen) atoms.